The molecule has 0 bridgehead atoms. The number of carbonyl (C=O) groups excluding carboxylic acids is 2. The van der Waals surface area contributed by atoms with Gasteiger partial charge in [0.15, 0.2) is 0 Å². The number of nitrogens with zero attached hydrogens (tertiary/aromatic N) is 2. The first kappa shape index (κ1) is 12.1. The summed E-state index contributed by atoms with van der Waals surface area (Å²) in [5.74, 6) is -0.866. The largest absolute Gasteiger partial charge is 0.469 e. The van der Waals surface area contributed by atoms with E-state index in [9.17, 15) is 9.59 Å². The molecule has 2 rings (SSSR count). The first-order chi connectivity index (χ1) is 8.61. The van der Waals surface area contributed by atoms with Gasteiger partial charge in [0.2, 0.25) is 5.91 Å². The number of imidazole rings is 1. The number of amides is 1. The van der Waals surface area contributed by atoms with Gasteiger partial charge in [-0.3, -0.25) is 9.59 Å². The smallest absolute Gasteiger partial charge is 0.315 e. The van der Waals surface area contributed by atoms with Crippen LogP contribution in [0.2, 0.25) is 0 Å². The number of nitrogens with one attached hydrogen (secondary N) is 1. The van der Waals surface area contributed by atoms with Gasteiger partial charge in [-0.05, 0) is 18.2 Å². The van der Waals surface area contributed by atoms with E-state index in [2.05, 4.69) is 14.7 Å². The molecule has 1 heterocycles. The van der Waals surface area contributed by atoms with Crippen LogP contribution in [0, 0.1) is 0 Å². The Morgan fingerprint density at radius 1 is 1.44 bits per heavy atom. The van der Waals surface area contributed by atoms with Gasteiger partial charge >= 0.3 is 5.97 Å². The maximum absolute atomic E-state index is 11.8. The van der Waals surface area contributed by atoms with E-state index < -0.39 is 5.97 Å². The summed E-state index contributed by atoms with van der Waals surface area (Å²) in [5.41, 5.74) is 2.36. The summed E-state index contributed by atoms with van der Waals surface area (Å²) in [6, 6.07) is 5.39. The lowest BCUT2D eigenvalue weighted by Gasteiger charge is -2.16. The number of aromatic nitrogens is 2. The second-order valence-electron chi connectivity index (χ2n) is 3.81. The van der Waals surface area contributed by atoms with E-state index in [1.54, 1.807) is 25.5 Å². The second-order valence-corrected chi connectivity index (χ2v) is 3.81. The fourth-order valence-corrected chi connectivity index (χ4v) is 1.59. The number of H-pyrrole nitrogens is 1. The van der Waals surface area contributed by atoms with E-state index in [0.29, 0.717) is 5.69 Å². The molecule has 0 atom stereocenters. The number of benzene rings is 1. The van der Waals surface area contributed by atoms with Crippen LogP contribution in [-0.2, 0) is 14.3 Å². The highest BCUT2D eigenvalue weighted by atomic mass is 16.5. The molecule has 6 nitrogen and oxygen atoms in total. The van der Waals surface area contributed by atoms with Crippen molar-refractivity contribution in [3.05, 3.63) is 24.5 Å². The normalized spacial score (nSPS) is 10.3. The molecule has 0 saturated heterocycles. The van der Waals surface area contributed by atoms with Gasteiger partial charge < -0.3 is 14.6 Å². The third-order valence-electron chi connectivity index (χ3n) is 2.69. The molecule has 2 aromatic rings. The van der Waals surface area contributed by atoms with Crippen LogP contribution in [0.1, 0.15) is 6.42 Å². The number of methoxy groups -OCH3 is 1. The average Bonchev–Trinajstić information content (AvgIpc) is 2.84. The molecule has 94 valence electrons. The Balaban J connectivity index is 2.19. The van der Waals surface area contributed by atoms with Gasteiger partial charge in [0.05, 0.1) is 24.5 Å². The van der Waals surface area contributed by atoms with E-state index in [1.165, 1.54) is 12.0 Å². The number of carbonyl (C=O) groups is 2. The number of rotatable bonds is 3. The van der Waals surface area contributed by atoms with Gasteiger partial charge in [-0.1, -0.05) is 0 Å². The lowest BCUT2D eigenvalue weighted by Crippen LogP contribution is -2.28. The van der Waals surface area contributed by atoms with Crippen molar-refractivity contribution < 1.29 is 14.3 Å². The summed E-state index contributed by atoms with van der Waals surface area (Å²) < 4.78 is 4.46. The summed E-state index contributed by atoms with van der Waals surface area (Å²) in [6.45, 7) is 0. The maximum Gasteiger partial charge on any atom is 0.315 e. The summed E-state index contributed by atoms with van der Waals surface area (Å²) in [4.78, 5) is 31.3. The van der Waals surface area contributed by atoms with E-state index in [4.69, 9.17) is 0 Å². The maximum atomic E-state index is 11.8. The van der Waals surface area contributed by atoms with E-state index in [-0.39, 0.29) is 12.3 Å². The SMILES string of the molecule is COC(=O)CC(=O)N(C)c1ccc2nc[nH]c2c1. The molecule has 18 heavy (non-hydrogen) atoms. The minimum atomic E-state index is -0.547. The van der Waals surface area contributed by atoms with E-state index in [0.717, 1.165) is 11.0 Å². The zero-order valence-corrected chi connectivity index (χ0v) is 10.1. The van der Waals surface area contributed by atoms with E-state index in [1.807, 2.05) is 6.07 Å². The molecule has 1 amide bonds. The van der Waals surface area contributed by atoms with Crippen LogP contribution in [0.4, 0.5) is 5.69 Å². The molecule has 0 aliphatic rings. The lowest BCUT2D eigenvalue weighted by molar-refractivity contribution is -0.143. The number of hydrogen-bond acceptors (Lipinski definition) is 4. The Morgan fingerprint density at radius 2 is 2.22 bits per heavy atom. The van der Waals surface area contributed by atoms with Gasteiger partial charge in [-0.25, -0.2) is 4.98 Å². The molecule has 1 aromatic heterocycles. The monoisotopic (exact) mass is 247 g/mol. The van der Waals surface area contributed by atoms with Crippen molar-refractivity contribution in [2.75, 3.05) is 19.1 Å². The second kappa shape index (κ2) is 4.87. The number of ether oxygens (including phenoxy) is 1. The fraction of sp³-hybridized carbons (Fsp3) is 0.250. The Bertz CT molecular complexity index is 591. The lowest BCUT2D eigenvalue weighted by atomic mass is 10.2. The highest BCUT2D eigenvalue weighted by Gasteiger charge is 2.16. The highest BCUT2D eigenvalue weighted by molar-refractivity contribution is 6.03. The molecule has 0 saturated carbocycles. The Hall–Kier alpha value is -2.37. The predicted octanol–water partition coefficient (Wildman–Crippen LogP) is 1.09. The van der Waals surface area contributed by atoms with Crippen molar-refractivity contribution in [1.82, 2.24) is 9.97 Å². The summed E-state index contributed by atoms with van der Waals surface area (Å²) in [6.07, 6.45) is 1.32. The molecule has 0 spiro atoms. The number of aromatic amines is 1. The van der Waals surface area contributed by atoms with Crippen LogP contribution in [0.25, 0.3) is 11.0 Å². The molecular formula is C12H13N3O3. The standard InChI is InChI=1S/C12H13N3O3/c1-15(11(16)6-12(17)18-2)8-3-4-9-10(5-8)14-7-13-9/h3-5,7H,6H2,1-2H3,(H,13,14). The van der Waals surface area contributed by atoms with Crippen LogP contribution >= 0.6 is 0 Å². The Labute approximate surface area is 104 Å². The van der Waals surface area contributed by atoms with Gasteiger partial charge in [0.25, 0.3) is 0 Å². The van der Waals surface area contributed by atoms with Crippen LogP contribution in [0.5, 0.6) is 0 Å². The highest BCUT2D eigenvalue weighted by Crippen LogP contribution is 2.19. The third-order valence-corrected chi connectivity index (χ3v) is 2.69. The molecule has 0 unspecified atom stereocenters. The van der Waals surface area contributed by atoms with E-state index >= 15 is 0 Å². The zero-order valence-electron chi connectivity index (χ0n) is 10.1. The summed E-state index contributed by atoms with van der Waals surface area (Å²) in [5, 5.41) is 0. The third kappa shape index (κ3) is 2.32. The molecule has 1 aromatic carbocycles. The van der Waals surface area contributed by atoms with Crippen LogP contribution in [-0.4, -0.2) is 36.0 Å². The van der Waals surface area contributed by atoms with Crippen molar-refractivity contribution in [3.8, 4) is 0 Å². The zero-order chi connectivity index (χ0) is 13.1. The van der Waals surface area contributed by atoms with Gasteiger partial charge in [0.1, 0.15) is 6.42 Å². The minimum absolute atomic E-state index is 0.270. The molecule has 1 N–H and O–H groups in total. The molecule has 0 aliphatic carbocycles. The predicted molar refractivity (Wildman–Crippen MR) is 66.1 cm³/mol. The van der Waals surface area contributed by atoms with Crippen molar-refractivity contribution in [1.29, 1.82) is 0 Å². The molecule has 0 fully saturated rings. The number of esters is 1. The fourth-order valence-electron chi connectivity index (χ4n) is 1.59. The average molecular weight is 247 g/mol. The first-order valence-electron chi connectivity index (χ1n) is 5.38. The summed E-state index contributed by atoms with van der Waals surface area (Å²) >= 11 is 0. The number of fused-ring (bicyclic) bond motifs is 1. The molecular weight excluding hydrogens is 234 g/mol. The van der Waals surface area contributed by atoms with Gasteiger partial charge in [0, 0.05) is 12.7 Å². The molecule has 6 heteroatoms. The summed E-state index contributed by atoms with van der Waals surface area (Å²) in [7, 11) is 2.87. The van der Waals surface area contributed by atoms with Crippen LogP contribution in [0.15, 0.2) is 24.5 Å². The first-order valence-corrected chi connectivity index (χ1v) is 5.38. The number of hydrogen-bond donors (Lipinski definition) is 1. The van der Waals surface area contributed by atoms with Crippen molar-refractivity contribution in [3.63, 3.8) is 0 Å². The van der Waals surface area contributed by atoms with Crippen molar-refractivity contribution in [2.24, 2.45) is 0 Å². The van der Waals surface area contributed by atoms with Gasteiger partial charge in [-0.2, -0.15) is 0 Å². The van der Waals surface area contributed by atoms with Crippen LogP contribution < -0.4 is 4.90 Å². The molecule has 0 radical (unpaired) electrons. The number of anilines is 1. The van der Waals surface area contributed by atoms with Crippen LogP contribution in [0.3, 0.4) is 0 Å². The molecule has 0 aliphatic heterocycles. The minimum Gasteiger partial charge on any atom is -0.469 e. The topological polar surface area (TPSA) is 75.3 Å². The van der Waals surface area contributed by atoms with Crippen molar-refractivity contribution in [2.45, 2.75) is 6.42 Å². The van der Waals surface area contributed by atoms with Gasteiger partial charge in [-0.15, -0.1) is 0 Å². The van der Waals surface area contributed by atoms with Crippen molar-refractivity contribution >= 4 is 28.6 Å². The Morgan fingerprint density at radius 3 is 2.94 bits per heavy atom. The Kier molecular flexibility index (Phi) is 3.27. The quantitative estimate of drug-likeness (QED) is 0.650.